The third-order valence-corrected chi connectivity index (χ3v) is 7.44. The van der Waals surface area contributed by atoms with Gasteiger partial charge in [-0.3, -0.25) is 4.99 Å². The van der Waals surface area contributed by atoms with Crippen molar-refractivity contribution in [2.24, 2.45) is 4.99 Å². The molecule has 2 aromatic carbocycles. The van der Waals surface area contributed by atoms with E-state index in [4.69, 9.17) is 28.3 Å². The van der Waals surface area contributed by atoms with E-state index in [0.717, 1.165) is 48.0 Å². The number of aliphatic imine (C=N–C) groups is 1. The molecule has 7 heteroatoms. The van der Waals surface area contributed by atoms with Crippen molar-refractivity contribution in [1.82, 2.24) is 14.8 Å². The van der Waals surface area contributed by atoms with E-state index in [1.807, 2.05) is 6.21 Å². The molecule has 0 fully saturated rings. The molecule has 2 aliphatic rings. The van der Waals surface area contributed by atoms with Crippen LogP contribution in [0.3, 0.4) is 0 Å². The SMILES string of the molecule is Cc1cc(-c2c3c(nn2-c2c(C)cccc2C)CCN(c2ncc(Cl)cc2Cl)C3)cc2c1N=CC2. The van der Waals surface area contributed by atoms with Crippen LogP contribution in [0.1, 0.15) is 33.5 Å². The van der Waals surface area contributed by atoms with Crippen molar-refractivity contribution in [2.75, 3.05) is 11.4 Å². The first-order valence-corrected chi connectivity index (χ1v) is 12.6. The topological polar surface area (TPSA) is 46.3 Å². The molecule has 2 aliphatic heterocycles. The highest BCUT2D eigenvalue weighted by atomic mass is 35.5. The lowest BCUT2D eigenvalue weighted by Crippen LogP contribution is -2.31. The third kappa shape index (κ3) is 3.74. The van der Waals surface area contributed by atoms with E-state index in [9.17, 15) is 0 Å². The average Bonchev–Trinajstić information content (AvgIpc) is 3.43. The number of anilines is 1. The van der Waals surface area contributed by atoms with Crippen LogP contribution < -0.4 is 4.90 Å². The molecule has 4 heterocycles. The van der Waals surface area contributed by atoms with Crippen LogP contribution in [0.2, 0.25) is 10.0 Å². The molecule has 0 saturated heterocycles. The Morgan fingerprint density at radius 2 is 1.77 bits per heavy atom. The first kappa shape index (κ1) is 22.3. The van der Waals surface area contributed by atoms with Crippen LogP contribution in [0.15, 0.2) is 47.6 Å². The van der Waals surface area contributed by atoms with E-state index >= 15 is 0 Å². The van der Waals surface area contributed by atoms with Gasteiger partial charge in [0, 0.05) is 49.5 Å². The van der Waals surface area contributed by atoms with E-state index < -0.39 is 0 Å². The van der Waals surface area contributed by atoms with Crippen molar-refractivity contribution in [1.29, 1.82) is 0 Å². The maximum absolute atomic E-state index is 6.55. The summed E-state index contributed by atoms with van der Waals surface area (Å²) in [6, 6.07) is 12.7. The summed E-state index contributed by atoms with van der Waals surface area (Å²) in [6.45, 7) is 7.91. The summed E-state index contributed by atoms with van der Waals surface area (Å²) in [4.78, 5) is 11.4. The number of para-hydroxylation sites is 1. The molecule has 0 aliphatic carbocycles. The zero-order chi connectivity index (χ0) is 24.3. The molecule has 35 heavy (non-hydrogen) atoms. The number of fused-ring (bicyclic) bond motifs is 2. The predicted molar refractivity (Wildman–Crippen MR) is 144 cm³/mol. The highest BCUT2D eigenvalue weighted by Crippen LogP contribution is 2.40. The van der Waals surface area contributed by atoms with E-state index in [1.54, 1.807) is 12.3 Å². The third-order valence-electron chi connectivity index (χ3n) is 6.96. The van der Waals surface area contributed by atoms with Crippen LogP contribution >= 0.6 is 23.2 Å². The molecule has 176 valence electrons. The van der Waals surface area contributed by atoms with E-state index in [1.165, 1.54) is 33.4 Å². The highest BCUT2D eigenvalue weighted by Gasteiger charge is 2.29. The number of aromatic nitrogens is 3. The summed E-state index contributed by atoms with van der Waals surface area (Å²) in [5, 5.41) is 6.29. The summed E-state index contributed by atoms with van der Waals surface area (Å²) < 4.78 is 2.16. The van der Waals surface area contributed by atoms with Crippen molar-refractivity contribution in [3.63, 3.8) is 0 Å². The number of benzene rings is 2. The second-order valence-electron chi connectivity index (χ2n) is 9.37. The fraction of sp³-hybridized carbons (Fsp3) is 0.250. The van der Waals surface area contributed by atoms with Crippen LogP contribution in [-0.2, 0) is 19.4 Å². The monoisotopic (exact) mass is 501 g/mol. The van der Waals surface area contributed by atoms with Crippen molar-refractivity contribution in [2.45, 2.75) is 40.2 Å². The summed E-state index contributed by atoms with van der Waals surface area (Å²) >= 11 is 12.7. The number of nitrogens with zero attached hydrogens (tertiary/aromatic N) is 5. The summed E-state index contributed by atoms with van der Waals surface area (Å²) in [6.07, 6.45) is 5.33. The van der Waals surface area contributed by atoms with Gasteiger partial charge in [0.2, 0.25) is 0 Å². The Hall–Kier alpha value is -3.15. The van der Waals surface area contributed by atoms with Gasteiger partial charge in [0.15, 0.2) is 0 Å². The lowest BCUT2D eigenvalue weighted by atomic mass is 9.96. The normalized spacial score (nSPS) is 14.4. The van der Waals surface area contributed by atoms with Crippen molar-refractivity contribution in [3.8, 4) is 16.9 Å². The summed E-state index contributed by atoms with van der Waals surface area (Å²) in [5.74, 6) is 0.756. The number of aryl methyl sites for hydroxylation is 3. The number of halogens is 2. The van der Waals surface area contributed by atoms with Gasteiger partial charge in [0.05, 0.1) is 32.8 Å². The minimum absolute atomic E-state index is 0.538. The molecule has 0 radical (unpaired) electrons. The van der Waals surface area contributed by atoms with Gasteiger partial charge in [-0.05, 0) is 61.2 Å². The summed E-state index contributed by atoms with van der Waals surface area (Å²) in [5.41, 5.74) is 11.7. The molecule has 0 amide bonds. The predicted octanol–water partition coefficient (Wildman–Crippen LogP) is 6.99. The fourth-order valence-corrected chi connectivity index (χ4v) is 5.86. The molecular formula is C28H25Cl2N5. The Kier molecular flexibility index (Phi) is 5.42. The molecule has 0 saturated carbocycles. The van der Waals surface area contributed by atoms with Gasteiger partial charge in [-0.15, -0.1) is 0 Å². The maximum Gasteiger partial charge on any atom is 0.147 e. The van der Waals surface area contributed by atoms with Gasteiger partial charge in [-0.1, -0.05) is 41.4 Å². The number of pyridine rings is 1. The molecule has 0 N–H and O–H groups in total. The smallest absolute Gasteiger partial charge is 0.147 e. The second kappa shape index (κ2) is 8.51. The molecule has 0 atom stereocenters. The molecular weight excluding hydrogens is 477 g/mol. The zero-order valence-electron chi connectivity index (χ0n) is 19.9. The molecule has 0 unspecified atom stereocenters. The van der Waals surface area contributed by atoms with Crippen molar-refractivity contribution < 1.29 is 0 Å². The molecule has 2 aromatic heterocycles. The van der Waals surface area contributed by atoms with Crippen molar-refractivity contribution in [3.05, 3.63) is 86.2 Å². The van der Waals surface area contributed by atoms with Gasteiger partial charge in [0.25, 0.3) is 0 Å². The fourth-order valence-electron chi connectivity index (χ4n) is 5.36. The van der Waals surface area contributed by atoms with Gasteiger partial charge in [0.1, 0.15) is 5.82 Å². The Morgan fingerprint density at radius 3 is 2.54 bits per heavy atom. The van der Waals surface area contributed by atoms with E-state index in [2.05, 4.69) is 70.7 Å². The maximum atomic E-state index is 6.55. The summed E-state index contributed by atoms with van der Waals surface area (Å²) in [7, 11) is 0. The minimum atomic E-state index is 0.538. The highest BCUT2D eigenvalue weighted by molar-refractivity contribution is 6.36. The van der Waals surface area contributed by atoms with Crippen LogP contribution in [0.5, 0.6) is 0 Å². The Labute approximate surface area is 215 Å². The molecule has 4 aromatic rings. The molecule has 0 bridgehead atoms. The van der Waals surface area contributed by atoms with Gasteiger partial charge in [-0.25, -0.2) is 9.67 Å². The Balaban J connectivity index is 1.56. The molecule has 5 nitrogen and oxygen atoms in total. The minimum Gasteiger partial charge on any atom is -0.351 e. The standard InChI is InChI=1S/C28H25Cl2N5/c1-16-5-4-6-17(2)26(16)35-27(20-11-18(3)25-19(12-20)7-9-31-25)22-15-34(10-8-24(22)33-35)28-23(30)13-21(29)14-32-28/h4-6,9,11-14H,7-8,10,15H2,1-3H3. The van der Waals surface area contributed by atoms with Gasteiger partial charge >= 0.3 is 0 Å². The Bertz CT molecular complexity index is 1500. The number of hydrogen-bond acceptors (Lipinski definition) is 4. The number of rotatable bonds is 3. The first-order chi connectivity index (χ1) is 16.9. The zero-order valence-corrected chi connectivity index (χ0v) is 21.5. The average molecular weight is 502 g/mol. The largest absolute Gasteiger partial charge is 0.351 e. The lowest BCUT2D eigenvalue weighted by molar-refractivity contribution is 0.706. The lowest BCUT2D eigenvalue weighted by Gasteiger charge is -2.28. The van der Waals surface area contributed by atoms with Gasteiger partial charge in [-0.2, -0.15) is 5.10 Å². The molecule has 0 spiro atoms. The second-order valence-corrected chi connectivity index (χ2v) is 10.2. The van der Waals surface area contributed by atoms with Crippen LogP contribution in [-0.4, -0.2) is 27.5 Å². The molecule has 6 rings (SSSR count). The Morgan fingerprint density at radius 1 is 0.971 bits per heavy atom. The van der Waals surface area contributed by atoms with E-state index in [0.29, 0.717) is 16.6 Å². The number of hydrogen-bond donors (Lipinski definition) is 0. The van der Waals surface area contributed by atoms with Crippen LogP contribution in [0, 0.1) is 20.8 Å². The van der Waals surface area contributed by atoms with Gasteiger partial charge < -0.3 is 4.90 Å². The van der Waals surface area contributed by atoms with Crippen molar-refractivity contribution >= 4 is 40.9 Å². The first-order valence-electron chi connectivity index (χ1n) is 11.8. The van der Waals surface area contributed by atoms with Crippen LogP contribution in [0.4, 0.5) is 11.5 Å². The van der Waals surface area contributed by atoms with E-state index in [-0.39, 0.29) is 0 Å². The quantitative estimate of drug-likeness (QED) is 0.304. The van der Waals surface area contributed by atoms with Crippen LogP contribution in [0.25, 0.3) is 16.9 Å².